The Bertz CT molecular complexity index is 595. The Morgan fingerprint density at radius 2 is 1.50 bits per heavy atom. The Morgan fingerprint density at radius 1 is 1.00 bits per heavy atom. The quantitative estimate of drug-likeness (QED) is 0.678. The van der Waals surface area contributed by atoms with E-state index in [2.05, 4.69) is 0 Å². The van der Waals surface area contributed by atoms with Gasteiger partial charge in [0.15, 0.2) is 0 Å². The molecule has 0 heterocycles. The van der Waals surface area contributed by atoms with E-state index in [-0.39, 0.29) is 11.7 Å². The van der Waals surface area contributed by atoms with Crippen LogP contribution in [0.1, 0.15) is 28.4 Å². The second kappa shape index (κ2) is 6.57. The third-order valence-corrected chi connectivity index (χ3v) is 2.78. The molecule has 0 bridgehead atoms. The minimum atomic E-state index is -0.304. The fourth-order valence-corrected chi connectivity index (χ4v) is 1.72. The lowest BCUT2D eigenvalue weighted by molar-refractivity contribution is 0.0526. The SMILES string of the molecule is CCOC(=O)c1ccc(/C=C\c2ccc(O)cc2)cc1. The van der Waals surface area contributed by atoms with Crippen LogP contribution >= 0.6 is 0 Å². The summed E-state index contributed by atoms with van der Waals surface area (Å²) in [5.74, 6) is -0.0532. The van der Waals surface area contributed by atoms with Crippen LogP contribution in [0.5, 0.6) is 5.75 Å². The Kier molecular flexibility index (Phi) is 4.56. The lowest BCUT2D eigenvalue weighted by Crippen LogP contribution is -2.03. The molecule has 0 aliphatic heterocycles. The molecule has 2 aromatic carbocycles. The molecule has 0 saturated heterocycles. The van der Waals surface area contributed by atoms with Gasteiger partial charge in [-0.05, 0) is 42.3 Å². The summed E-state index contributed by atoms with van der Waals surface area (Å²) in [5.41, 5.74) is 2.54. The van der Waals surface area contributed by atoms with Gasteiger partial charge in [-0.3, -0.25) is 0 Å². The van der Waals surface area contributed by atoms with E-state index in [4.69, 9.17) is 4.74 Å². The van der Waals surface area contributed by atoms with Gasteiger partial charge in [-0.1, -0.05) is 36.4 Å². The summed E-state index contributed by atoms with van der Waals surface area (Å²) in [5, 5.41) is 9.20. The summed E-state index contributed by atoms with van der Waals surface area (Å²) in [6.07, 6.45) is 3.89. The van der Waals surface area contributed by atoms with E-state index in [1.807, 2.05) is 36.4 Å². The van der Waals surface area contributed by atoms with Crippen LogP contribution in [-0.2, 0) is 4.74 Å². The first-order valence-corrected chi connectivity index (χ1v) is 6.43. The Morgan fingerprint density at radius 3 is 2.00 bits per heavy atom. The summed E-state index contributed by atoms with van der Waals surface area (Å²) in [6.45, 7) is 2.16. The number of hydrogen-bond acceptors (Lipinski definition) is 3. The monoisotopic (exact) mass is 268 g/mol. The highest BCUT2D eigenvalue weighted by atomic mass is 16.5. The highest BCUT2D eigenvalue weighted by molar-refractivity contribution is 5.89. The average Bonchev–Trinajstić information content (AvgIpc) is 2.47. The van der Waals surface area contributed by atoms with Crippen LogP contribution in [0.25, 0.3) is 12.2 Å². The first kappa shape index (κ1) is 13.9. The van der Waals surface area contributed by atoms with Crippen molar-refractivity contribution < 1.29 is 14.6 Å². The zero-order valence-corrected chi connectivity index (χ0v) is 11.2. The van der Waals surface area contributed by atoms with Crippen molar-refractivity contribution in [2.45, 2.75) is 6.92 Å². The van der Waals surface area contributed by atoms with Crippen molar-refractivity contribution in [3.63, 3.8) is 0 Å². The molecule has 102 valence electrons. The van der Waals surface area contributed by atoms with E-state index in [9.17, 15) is 9.90 Å². The predicted molar refractivity (Wildman–Crippen MR) is 79.4 cm³/mol. The number of rotatable bonds is 4. The highest BCUT2D eigenvalue weighted by Gasteiger charge is 2.04. The third kappa shape index (κ3) is 3.72. The summed E-state index contributed by atoms with van der Waals surface area (Å²) in [4.78, 5) is 11.5. The number of carbonyl (C=O) groups is 1. The van der Waals surface area contributed by atoms with Gasteiger partial charge in [-0.2, -0.15) is 0 Å². The van der Waals surface area contributed by atoms with Gasteiger partial charge < -0.3 is 9.84 Å². The van der Waals surface area contributed by atoms with E-state index >= 15 is 0 Å². The van der Waals surface area contributed by atoms with E-state index in [0.717, 1.165) is 11.1 Å². The molecule has 1 N–H and O–H groups in total. The maximum Gasteiger partial charge on any atom is 0.338 e. The zero-order chi connectivity index (χ0) is 14.4. The van der Waals surface area contributed by atoms with Crippen molar-refractivity contribution in [2.75, 3.05) is 6.61 Å². The molecule has 0 aromatic heterocycles. The molecule has 3 heteroatoms. The van der Waals surface area contributed by atoms with Crippen LogP contribution in [0, 0.1) is 0 Å². The van der Waals surface area contributed by atoms with Crippen molar-refractivity contribution in [2.24, 2.45) is 0 Å². The van der Waals surface area contributed by atoms with Gasteiger partial charge in [0.2, 0.25) is 0 Å². The Balaban J connectivity index is 2.07. The van der Waals surface area contributed by atoms with Gasteiger partial charge in [0.1, 0.15) is 5.75 Å². The fraction of sp³-hybridized carbons (Fsp3) is 0.118. The van der Waals surface area contributed by atoms with Gasteiger partial charge >= 0.3 is 5.97 Å². The zero-order valence-electron chi connectivity index (χ0n) is 11.2. The van der Waals surface area contributed by atoms with Crippen LogP contribution in [0.4, 0.5) is 0 Å². The first-order valence-electron chi connectivity index (χ1n) is 6.43. The van der Waals surface area contributed by atoms with Crippen molar-refractivity contribution in [1.29, 1.82) is 0 Å². The summed E-state index contributed by atoms with van der Waals surface area (Å²) >= 11 is 0. The van der Waals surface area contributed by atoms with Crippen molar-refractivity contribution >= 4 is 18.1 Å². The van der Waals surface area contributed by atoms with Crippen molar-refractivity contribution in [3.8, 4) is 5.75 Å². The van der Waals surface area contributed by atoms with Crippen molar-refractivity contribution in [1.82, 2.24) is 0 Å². The molecule has 0 fully saturated rings. The molecule has 0 unspecified atom stereocenters. The minimum absolute atomic E-state index is 0.251. The molecule has 0 aliphatic rings. The number of benzene rings is 2. The molecule has 0 radical (unpaired) electrons. The molecular formula is C17H16O3. The second-order valence-corrected chi connectivity index (χ2v) is 4.27. The first-order chi connectivity index (χ1) is 9.69. The number of aromatic hydroxyl groups is 1. The minimum Gasteiger partial charge on any atom is -0.508 e. The molecule has 2 rings (SSSR count). The molecule has 0 atom stereocenters. The van der Waals surface area contributed by atoms with Gasteiger partial charge in [-0.15, -0.1) is 0 Å². The van der Waals surface area contributed by atoms with Crippen LogP contribution in [-0.4, -0.2) is 17.7 Å². The van der Waals surface area contributed by atoms with Crippen LogP contribution in [0.15, 0.2) is 48.5 Å². The van der Waals surface area contributed by atoms with Crippen LogP contribution in [0.2, 0.25) is 0 Å². The molecule has 0 amide bonds. The lowest BCUT2D eigenvalue weighted by Gasteiger charge is -2.01. The average molecular weight is 268 g/mol. The topological polar surface area (TPSA) is 46.5 Å². The molecular weight excluding hydrogens is 252 g/mol. The Hall–Kier alpha value is -2.55. The number of carbonyl (C=O) groups excluding carboxylic acids is 1. The van der Waals surface area contributed by atoms with Crippen LogP contribution < -0.4 is 0 Å². The Labute approximate surface area is 118 Å². The lowest BCUT2D eigenvalue weighted by atomic mass is 10.1. The fourth-order valence-electron chi connectivity index (χ4n) is 1.72. The van der Waals surface area contributed by atoms with Crippen molar-refractivity contribution in [3.05, 3.63) is 65.2 Å². The summed E-state index contributed by atoms with van der Waals surface area (Å²) in [6, 6.07) is 14.2. The highest BCUT2D eigenvalue weighted by Crippen LogP contribution is 2.13. The molecule has 20 heavy (non-hydrogen) atoms. The smallest absolute Gasteiger partial charge is 0.338 e. The van der Waals surface area contributed by atoms with E-state index in [0.29, 0.717) is 12.2 Å². The second-order valence-electron chi connectivity index (χ2n) is 4.27. The number of hydrogen-bond donors (Lipinski definition) is 1. The molecule has 2 aromatic rings. The number of phenols is 1. The van der Waals surface area contributed by atoms with E-state index in [1.165, 1.54) is 0 Å². The van der Waals surface area contributed by atoms with Gasteiger partial charge in [0, 0.05) is 0 Å². The third-order valence-electron chi connectivity index (χ3n) is 2.78. The number of phenolic OH excluding ortho intramolecular Hbond substituents is 1. The molecule has 0 spiro atoms. The van der Waals surface area contributed by atoms with Gasteiger partial charge in [-0.25, -0.2) is 4.79 Å². The predicted octanol–water partition coefficient (Wildman–Crippen LogP) is 3.74. The van der Waals surface area contributed by atoms with Crippen LogP contribution in [0.3, 0.4) is 0 Å². The summed E-state index contributed by atoms with van der Waals surface area (Å²) < 4.78 is 4.93. The normalized spacial score (nSPS) is 10.7. The van der Waals surface area contributed by atoms with E-state index in [1.54, 1.807) is 31.2 Å². The number of ether oxygens (including phenoxy) is 1. The number of esters is 1. The maximum absolute atomic E-state index is 11.5. The summed E-state index contributed by atoms with van der Waals surface area (Å²) in [7, 11) is 0. The molecule has 0 saturated carbocycles. The maximum atomic E-state index is 11.5. The van der Waals surface area contributed by atoms with E-state index < -0.39 is 0 Å². The molecule has 3 nitrogen and oxygen atoms in total. The molecule has 0 aliphatic carbocycles. The van der Waals surface area contributed by atoms with Gasteiger partial charge in [0.05, 0.1) is 12.2 Å². The van der Waals surface area contributed by atoms with Gasteiger partial charge in [0.25, 0.3) is 0 Å². The standard InChI is InChI=1S/C17H16O3/c1-2-20-17(19)15-9-5-13(6-10-15)3-4-14-7-11-16(18)12-8-14/h3-12,18H,2H2,1H3/b4-3-. The largest absolute Gasteiger partial charge is 0.508 e.